The van der Waals surface area contributed by atoms with Gasteiger partial charge in [-0.3, -0.25) is 4.79 Å². The number of hydrogen-bond acceptors (Lipinski definition) is 4. The number of benzene rings is 2. The summed E-state index contributed by atoms with van der Waals surface area (Å²) in [5.41, 5.74) is 0.893. The van der Waals surface area contributed by atoms with Gasteiger partial charge in [0, 0.05) is 16.1 Å². The average Bonchev–Trinajstić information content (AvgIpc) is 2.51. The molecule has 2 aromatic carbocycles. The number of rotatable bonds is 6. The first-order valence-electron chi connectivity index (χ1n) is 7.18. The molecule has 0 aliphatic rings. The minimum absolute atomic E-state index is 0.0923. The maximum atomic E-state index is 12.2. The molecular weight excluding hydrogens is 360 g/mol. The van der Waals surface area contributed by atoms with Crippen molar-refractivity contribution in [2.45, 2.75) is 13.3 Å². The molecule has 0 aromatic heterocycles. The van der Waals surface area contributed by atoms with E-state index in [1.807, 2.05) is 25.1 Å². The highest BCUT2D eigenvalue weighted by atomic mass is 79.9. The lowest BCUT2D eigenvalue weighted by atomic mass is 10.1. The fourth-order valence-corrected chi connectivity index (χ4v) is 2.36. The van der Waals surface area contributed by atoms with Gasteiger partial charge in [0.05, 0.1) is 12.2 Å². The van der Waals surface area contributed by atoms with Crippen molar-refractivity contribution in [1.29, 1.82) is 0 Å². The molecule has 0 unspecified atom stereocenters. The van der Waals surface area contributed by atoms with Crippen molar-refractivity contribution in [1.82, 2.24) is 0 Å². The van der Waals surface area contributed by atoms with Crippen LogP contribution in [0.4, 0.5) is 0 Å². The zero-order valence-corrected chi connectivity index (χ0v) is 14.2. The Morgan fingerprint density at radius 2 is 2.00 bits per heavy atom. The third kappa shape index (κ3) is 4.60. The van der Waals surface area contributed by atoms with Crippen LogP contribution in [0.3, 0.4) is 0 Å². The summed E-state index contributed by atoms with van der Waals surface area (Å²) >= 11 is 3.39. The predicted octanol–water partition coefficient (Wildman–Crippen LogP) is 4.55. The van der Waals surface area contributed by atoms with Crippen LogP contribution in [0.5, 0.6) is 17.2 Å². The van der Waals surface area contributed by atoms with Crippen LogP contribution >= 0.6 is 15.9 Å². The second kappa shape index (κ2) is 7.83. The maximum absolute atomic E-state index is 12.2. The van der Waals surface area contributed by atoms with Gasteiger partial charge in [-0.1, -0.05) is 22.9 Å². The molecular formula is C18H17BrO4. The fraction of sp³-hybridized carbons (Fsp3) is 0.167. The normalized spacial score (nSPS) is 10.9. The molecule has 2 aromatic rings. The molecule has 2 N–H and O–H groups in total. The number of phenolic OH excluding ortho intramolecular Hbond substituents is 2. The molecule has 0 atom stereocenters. The van der Waals surface area contributed by atoms with E-state index in [0.717, 1.165) is 22.5 Å². The van der Waals surface area contributed by atoms with E-state index in [9.17, 15) is 15.0 Å². The van der Waals surface area contributed by atoms with Crippen molar-refractivity contribution in [3.63, 3.8) is 0 Å². The quantitative estimate of drug-likeness (QED) is 0.573. The first-order valence-corrected chi connectivity index (χ1v) is 7.97. The molecule has 4 nitrogen and oxygen atoms in total. The van der Waals surface area contributed by atoms with Crippen molar-refractivity contribution in [3.05, 3.63) is 58.1 Å². The molecule has 0 aliphatic heterocycles. The highest BCUT2D eigenvalue weighted by Gasteiger charge is 2.09. The highest BCUT2D eigenvalue weighted by molar-refractivity contribution is 9.10. The molecule has 0 radical (unpaired) electrons. The van der Waals surface area contributed by atoms with E-state index < -0.39 is 0 Å². The summed E-state index contributed by atoms with van der Waals surface area (Å²) in [6.07, 6.45) is 3.90. The van der Waals surface area contributed by atoms with E-state index in [0.29, 0.717) is 12.4 Å². The highest BCUT2D eigenvalue weighted by Crippen LogP contribution is 2.26. The second-order valence-corrected chi connectivity index (χ2v) is 5.85. The Morgan fingerprint density at radius 1 is 1.22 bits per heavy atom. The van der Waals surface area contributed by atoms with Gasteiger partial charge < -0.3 is 14.9 Å². The number of allylic oxidation sites excluding steroid dienone is 1. The minimum Gasteiger partial charge on any atom is -0.508 e. The molecule has 0 heterocycles. The summed E-state index contributed by atoms with van der Waals surface area (Å²) in [5, 5.41) is 19.0. The minimum atomic E-state index is -0.357. The maximum Gasteiger partial charge on any atom is 0.189 e. The van der Waals surface area contributed by atoms with Crippen molar-refractivity contribution < 1.29 is 19.7 Å². The Hall–Kier alpha value is -2.27. The molecule has 120 valence electrons. The molecule has 23 heavy (non-hydrogen) atoms. The number of carbonyl (C=O) groups excluding carboxylic acids is 1. The molecule has 0 saturated carbocycles. The first kappa shape index (κ1) is 17.1. The summed E-state index contributed by atoms with van der Waals surface area (Å²) in [7, 11) is 0. The van der Waals surface area contributed by atoms with E-state index in [-0.39, 0.29) is 22.8 Å². The summed E-state index contributed by atoms with van der Waals surface area (Å²) in [6.45, 7) is 2.61. The first-order chi connectivity index (χ1) is 11.0. The Bertz CT molecular complexity index is 738. The van der Waals surface area contributed by atoms with Gasteiger partial charge >= 0.3 is 0 Å². The van der Waals surface area contributed by atoms with Crippen molar-refractivity contribution in [2.75, 3.05) is 6.61 Å². The van der Waals surface area contributed by atoms with Crippen LogP contribution in [-0.4, -0.2) is 22.6 Å². The molecule has 0 aliphatic carbocycles. The third-order valence-corrected chi connectivity index (χ3v) is 3.59. The van der Waals surface area contributed by atoms with Gasteiger partial charge in [-0.25, -0.2) is 0 Å². The zero-order valence-electron chi connectivity index (χ0n) is 12.6. The number of carbonyl (C=O) groups is 1. The van der Waals surface area contributed by atoms with E-state index in [1.54, 1.807) is 6.08 Å². The number of ketones is 1. The number of ether oxygens (including phenoxy) is 1. The molecule has 0 spiro atoms. The van der Waals surface area contributed by atoms with E-state index in [1.165, 1.54) is 18.2 Å². The van der Waals surface area contributed by atoms with E-state index in [2.05, 4.69) is 15.9 Å². The van der Waals surface area contributed by atoms with Crippen molar-refractivity contribution in [2.24, 2.45) is 0 Å². The standard InChI is InChI=1S/C18H17BrO4/c1-2-9-23-18-8-4-13(19)10-12(18)3-7-16(21)15-6-5-14(20)11-17(15)22/h3-8,10-11,20,22H,2,9H2,1H3/b7-3+. The van der Waals surface area contributed by atoms with Gasteiger partial charge in [-0.05, 0) is 48.9 Å². The Morgan fingerprint density at radius 3 is 2.70 bits per heavy atom. The molecule has 0 bridgehead atoms. The van der Waals surface area contributed by atoms with Crippen LogP contribution in [-0.2, 0) is 0 Å². The van der Waals surface area contributed by atoms with Gasteiger partial charge in [0.15, 0.2) is 5.78 Å². The van der Waals surface area contributed by atoms with Gasteiger partial charge in [0.1, 0.15) is 17.2 Å². The Labute approximate surface area is 143 Å². The third-order valence-electron chi connectivity index (χ3n) is 3.09. The summed E-state index contributed by atoms with van der Waals surface area (Å²) in [5.74, 6) is -0.0143. The summed E-state index contributed by atoms with van der Waals surface area (Å²) in [6, 6.07) is 9.43. The van der Waals surface area contributed by atoms with Gasteiger partial charge in [0.2, 0.25) is 0 Å². The monoisotopic (exact) mass is 376 g/mol. The Balaban J connectivity index is 2.25. The fourth-order valence-electron chi connectivity index (χ4n) is 1.98. The number of phenols is 2. The van der Waals surface area contributed by atoms with Crippen LogP contribution in [0.1, 0.15) is 29.3 Å². The SMILES string of the molecule is CCCOc1ccc(Br)cc1/C=C/C(=O)c1ccc(O)cc1O. The van der Waals surface area contributed by atoms with Crippen LogP contribution in [0.2, 0.25) is 0 Å². The zero-order chi connectivity index (χ0) is 16.8. The summed E-state index contributed by atoms with van der Waals surface area (Å²) < 4.78 is 6.53. The molecule has 0 amide bonds. The van der Waals surface area contributed by atoms with Gasteiger partial charge in [-0.2, -0.15) is 0 Å². The van der Waals surface area contributed by atoms with Crippen LogP contribution in [0.25, 0.3) is 6.08 Å². The smallest absolute Gasteiger partial charge is 0.189 e. The van der Waals surface area contributed by atoms with Crippen LogP contribution < -0.4 is 4.74 Å². The molecule has 0 fully saturated rings. The van der Waals surface area contributed by atoms with Crippen molar-refractivity contribution >= 4 is 27.8 Å². The lowest BCUT2D eigenvalue weighted by molar-refractivity contribution is 0.104. The Kier molecular flexibility index (Phi) is 5.82. The molecule has 0 saturated heterocycles. The van der Waals surface area contributed by atoms with Gasteiger partial charge in [0.25, 0.3) is 0 Å². The number of hydrogen-bond donors (Lipinski definition) is 2. The number of aromatic hydroxyl groups is 2. The van der Waals surface area contributed by atoms with Crippen molar-refractivity contribution in [3.8, 4) is 17.2 Å². The molecule has 2 rings (SSSR count). The number of halogens is 1. The topological polar surface area (TPSA) is 66.8 Å². The van der Waals surface area contributed by atoms with E-state index >= 15 is 0 Å². The largest absolute Gasteiger partial charge is 0.508 e. The van der Waals surface area contributed by atoms with Crippen LogP contribution in [0, 0.1) is 0 Å². The predicted molar refractivity (Wildman–Crippen MR) is 93.1 cm³/mol. The van der Waals surface area contributed by atoms with Gasteiger partial charge in [-0.15, -0.1) is 0 Å². The second-order valence-electron chi connectivity index (χ2n) is 4.93. The summed E-state index contributed by atoms with van der Waals surface area (Å²) in [4.78, 5) is 12.2. The lowest BCUT2D eigenvalue weighted by Crippen LogP contribution is -1.98. The lowest BCUT2D eigenvalue weighted by Gasteiger charge is -2.08. The van der Waals surface area contributed by atoms with E-state index in [4.69, 9.17) is 4.74 Å². The average molecular weight is 377 g/mol. The van der Waals surface area contributed by atoms with Crippen LogP contribution in [0.15, 0.2) is 46.9 Å². The molecule has 5 heteroatoms.